The van der Waals surface area contributed by atoms with Crippen LogP contribution in [0, 0.1) is 6.92 Å². The first-order valence-corrected chi connectivity index (χ1v) is 8.93. The van der Waals surface area contributed by atoms with E-state index in [1.807, 2.05) is 0 Å². The first kappa shape index (κ1) is 16.9. The summed E-state index contributed by atoms with van der Waals surface area (Å²) in [5, 5.41) is 23.5. The number of hydrogen-bond donors (Lipinski definition) is 3. The molecule has 0 spiro atoms. The molecule has 0 aliphatic carbocycles. The molecule has 3 N–H and O–H groups in total. The summed E-state index contributed by atoms with van der Waals surface area (Å²) in [5.41, 5.74) is 1.58. The maximum Gasteiger partial charge on any atom is 0.264 e. The van der Waals surface area contributed by atoms with Crippen molar-refractivity contribution in [1.29, 1.82) is 0 Å². The smallest absolute Gasteiger partial charge is 0.264 e. The second kappa shape index (κ2) is 6.31. The second-order valence-corrected chi connectivity index (χ2v) is 7.18. The molecule has 1 aliphatic rings. The highest BCUT2D eigenvalue weighted by Crippen LogP contribution is 2.29. The Bertz CT molecular complexity index is 1050. The Balaban J connectivity index is 1.64. The molecule has 0 aromatic carbocycles. The normalized spacial score (nSPS) is 15.3. The van der Waals surface area contributed by atoms with Gasteiger partial charge in [-0.1, -0.05) is 0 Å². The molecule has 4 rings (SSSR count). The van der Waals surface area contributed by atoms with Gasteiger partial charge in [-0.25, -0.2) is 4.98 Å². The molecule has 0 bridgehead atoms. The van der Waals surface area contributed by atoms with Gasteiger partial charge in [0, 0.05) is 6.54 Å². The van der Waals surface area contributed by atoms with Crippen molar-refractivity contribution in [3.05, 3.63) is 44.6 Å². The van der Waals surface area contributed by atoms with Gasteiger partial charge >= 0.3 is 0 Å². The number of aromatic nitrogens is 4. The van der Waals surface area contributed by atoms with Crippen LogP contribution in [0.4, 0.5) is 0 Å². The van der Waals surface area contributed by atoms with Gasteiger partial charge in [-0.05, 0) is 18.6 Å². The number of aryl methyl sites for hydroxylation is 1. The largest absolute Gasteiger partial charge is 0.393 e. The van der Waals surface area contributed by atoms with Crippen molar-refractivity contribution >= 4 is 27.5 Å². The summed E-state index contributed by atoms with van der Waals surface area (Å²) in [4.78, 5) is 34.4. The number of carbonyl (C=O) groups excluding carboxylic acids is 1. The molecule has 0 fully saturated rings. The SMILES string of the molecule is Cc1c(C(=O)N2CCn3nc(C(O)CO)cc3C2)sc2nc[nH]c(=O)c12. The standard InChI is InChI=1S/C16H17N5O4S/c1-8-12-14(24)17-7-18-15(12)26-13(8)16(25)20-2-3-21-9(5-20)4-10(19-21)11(23)6-22/h4,7,11,22-23H,2-3,5-6H2,1H3,(H,17,18,24). The van der Waals surface area contributed by atoms with Crippen molar-refractivity contribution in [2.24, 2.45) is 0 Å². The quantitative estimate of drug-likeness (QED) is 0.599. The maximum absolute atomic E-state index is 13.0. The molecule has 10 heteroatoms. The van der Waals surface area contributed by atoms with Crippen molar-refractivity contribution < 1.29 is 15.0 Å². The fourth-order valence-corrected chi connectivity index (χ4v) is 4.26. The first-order chi connectivity index (χ1) is 12.5. The Morgan fingerprint density at radius 1 is 1.46 bits per heavy atom. The van der Waals surface area contributed by atoms with Gasteiger partial charge in [0.25, 0.3) is 11.5 Å². The number of thiophene rings is 1. The van der Waals surface area contributed by atoms with E-state index in [4.69, 9.17) is 5.11 Å². The lowest BCUT2D eigenvalue weighted by atomic mass is 10.2. The Hall–Kier alpha value is -2.56. The van der Waals surface area contributed by atoms with Crippen molar-refractivity contribution in [1.82, 2.24) is 24.6 Å². The molecule has 0 saturated carbocycles. The fourth-order valence-electron chi connectivity index (χ4n) is 3.14. The highest BCUT2D eigenvalue weighted by molar-refractivity contribution is 7.20. The van der Waals surface area contributed by atoms with Crippen LogP contribution in [0.25, 0.3) is 10.2 Å². The van der Waals surface area contributed by atoms with Crippen LogP contribution in [0.1, 0.15) is 32.7 Å². The number of nitrogens with one attached hydrogen (secondary N) is 1. The summed E-state index contributed by atoms with van der Waals surface area (Å²) in [7, 11) is 0. The Morgan fingerprint density at radius 2 is 2.27 bits per heavy atom. The lowest BCUT2D eigenvalue weighted by Crippen LogP contribution is -2.38. The van der Waals surface area contributed by atoms with Crippen molar-refractivity contribution in [2.75, 3.05) is 13.2 Å². The summed E-state index contributed by atoms with van der Waals surface area (Å²) in [5.74, 6) is -0.151. The predicted octanol–water partition coefficient (Wildman–Crippen LogP) is 0.171. The van der Waals surface area contributed by atoms with Crippen LogP contribution < -0.4 is 5.56 Å². The minimum absolute atomic E-state index is 0.151. The average Bonchev–Trinajstić information content (AvgIpc) is 3.21. The zero-order chi connectivity index (χ0) is 18.4. The number of fused-ring (bicyclic) bond motifs is 2. The molecular weight excluding hydrogens is 358 g/mol. The number of H-pyrrole nitrogens is 1. The third-order valence-corrected chi connectivity index (χ3v) is 5.73. The fraction of sp³-hybridized carbons (Fsp3) is 0.375. The van der Waals surface area contributed by atoms with E-state index in [2.05, 4.69) is 15.1 Å². The van der Waals surface area contributed by atoms with Gasteiger partial charge in [0.1, 0.15) is 10.9 Å². The van der Waals surface area contributed by atoms with E-state index in [0.29, 0.717) is 46.0 Å². The lowest BCUT2D eigenvalue weighted by molar-refractivity contribution is 0.0709. The molecule has 4 heterocycles. The van der Waals surface area contributed by atoms with E-state index in [-0.39, 0.29) is 11.5 Å². The highest BCUT2D eigenvalue weighted by atomic mass is 32.1. The Kier molecular flexibility index (Phi) is 4.10. The molecule has 1 atom stereocenters. The van der Waals surface area contributed by atoms with Gasteiger partial charge in [-0.2, -0.15) is 5.10 Å². The minimum atomic E-state index is -1.03. The predicted molar refractivity (Wildman–Crippen MR) is 94.0 cm³/mol. The molecule has 136 valence electrons. The molecule has 26 heavy (non-hydrogen) atoms. The van der Waals surface area contributed by atoms with Crippen LogP contribution in [0.2, 0.25) is 0 Å². The average molecular weight is 375 g/mol. The highest BCUT2D eigenvalue weighted by Gasteiger charge is 2.27. The zero-order valence-corrected chi connectivity index (χ0v) is 14.8. The summed E-state index contributed by atoms with van der Waals surface area (Å²) in [6.07, 6.45) is 0.308. The van der Waals surface area contributed by atoms with Crippen LogP contribution in [0.15, 0.2) is 17.2 Å². The summed E-state index contributed by atoms with van der Waals surface area (Å²) in [6, 6.07) is 1.70. The van der Waals surface area contributed by atoms with Crippen molar-refractivity contribution in [3.63, 3.8) is 0 Å². The van der Waals surface area contributed by atoms with E-state index < -0.39 is 12.7 Å². The molecule has 1 amide bonds. The maximum atomic E-state index is 13.0. The Labute approximate surface area is 151 Å². The molecule has 3 aromatic rings. The zero-order valence-electron chi connectivity index (χ0n) is 14.0. The number of amides is 1. The van der Waals surface area contributed by atoms with E-state index in [1.54, 1.807) is 22.6 Å². The van der Waals surface area contributed by atoms with Crippen molar-refractivity contribution in [2.45, 2.75) is 26.1 Å². The van der Waals surface area contributed by atoms with Crippen LogP contribution in [0.3, 0.4) is 0 Å². The lowest BCUT2D eigenvalue weighted by Gasteiger charge is -2.27. The number of aliphatic hydroxyl groups is 2. The number of hydrogen-bond acceptors (Lipinski definition) is 7. The number of aliphatic hydroxyl groups excluding tert-OH is 2. The number of aromatic amines is 1. The summed E-state index contributed by atoms with van der Waals surface area (Å²) >= 11 is 1.22. The van der Waals surface area contributed by atoms with Crippen LogP contribution in [-0.4, -0.2) is 53.9 Å². The van der Waals surface area contributed by atoms with E-state index in [9.17, 15) is 14.7 Å². The molecule has 0 saturated heterocycles. The first-order valence-electron chi connectivity index (χ1n) is 8.11. The molecule has 1 aliphatic heterocycles. The topological polar surface area (TPSA) is 124 Å². The van der Waals surface area contributed by atoms with Gasteiger partial charge in [0.05, 0.1) is 47.7 Å². The molecule has 9 nitrogen and oxygen atoms in total. The van der Waals surface area contributed by atoms with Gasteiger partial charge in [-0.3, -0.25) is 14.3 Å². The second-order valence-electron chi connectivity index (χ2n) is 6.18. The van der Waals surface area contributed by atoms with Gasteiger partial charge in [0.2, 0.25) is 0 Å². The van der Waals surface area contributed by atoms with Gasteiger partial charge in [-0.15, -0.1) is 11.3 Å². The monoisotopic (exact) mass is 375 g/mol. The van der Waals surface area contributed by atoms with Crippen molar-refractivity contribution in [3.8, 4) is 0 Å². The van der Waals surface area contributed by atoms with Crippen LogP contribution >= 0.6 is 11.3 Å². The summed E-state index contributed by atoms with van der Waals surface area (Å²) in [6.45, 7) is 2.68. The van der Waals surface area contributed by atoms with E-state index in [0.717, 1.165) is 5.69 Å². The minimum Gasteiger partial charge on any atom is -0.393 e. The third-order valence-electron chi connectivity index (χ3n) is 4.55. The Morgan fingerprint density at radius 3 is 3.00 bits per heavy atom. The third kappa shape index (κ3) is 2.62. The summed E-state index contributed by atoms with van der Waals surface area (Å²) < 4.78 is 1.74. The molecule has 0 radical (unpaired) electrons. The van der Waals surface area contributed by atoms with E-state index in [1.165, 1.54) is 17.7 Å². The molecule has 3 aromatic heterocycles. The van der Waals surface area contributed by atoms with Crippen LogP contribution in [-0.2, 0) is 13.1 Å². The van der Waals surface area contributed by atoms with Gasteiger partial charge < -0.3 is 20.1 Å². The van der Waals surface area contributed by atoms with Gasteiger partial charge in [0.15, 0.2) is 0 Å². The molecular formula is C16H17N5O4S. The number of rotatable bonds is 3. The van der Waals surface area contributed by atoms with E-state index >= 15 is 0 Å². The van der Waals surface area contributed by atoms with Crippen LogP contribution in [0.5, 0.6) is 0 Å². The number of nitrogens with zero attached hydrogens (tertiary/aromatic N) is 4. The molecule has 1 unspecified atom stereocenters. The number of carbonyl (C=O) groups is 1.